The molecule has 0 bridgehead atoms. The molecule has 19 heavy (non-hydrogen) atoms. The Morgan fingerprint density at radius 1 is 1.16 bits per heavy atom. The summed E-state index contributed by atoms with van der Waals surface area (Å²) in [5.41, 5.74) is -0.102. The summed E-state index contributed by atoms with van der Waals surface area (Å²) in [5.74, 6) is 1.33. The number of hydrogen-bond donors (Lipinski definition) is 0. The maximum atomic E-state index is 12.5. The van der Waals surface area contributed by atoms with Crippen LogP contribution in [0.4, 0.5) is 13.2 Å². The van der Waals surface area contributed by atoms with Gasteiger partial charge in [0.15, 0.2) is 5.82 Å². The number of aromatic nitrogens is 3. The number of rotatable bonds is 3. The van der Waals surface area contributed by atoms with Crippen LogP contribution in [0.1, 0.15) is 18.3 Å². The summed E-state index contributed by atoms with van der Waals surface area (Å²) in [6, 6.07) is 4.84. The Bertz CT molecular complexity index is 561. The van der Waals surface area contributed by atoms with Crippen LogP contribution in [0.25, 0.3) is 11.4 Å². The van der Waals surface area contributed by atoms with Gasteiger partial charge in [-0.2, -0.15) is 13.2 Å². The third kappa shape index (κ3) is 2.73. The van der Waals surface area contributed by atoms with Crippen LogP contribution in [-0.2, 0) is 18.6 Å². The van der Waals surface area contributed by atoms with E-state index in [1.165, 1.54) is 12.1 Å². The molecule has 102 valence electrons. The van der Waals surface area contributed by atoms with Crippen LogP contribution < -0.4 is 0 Å². The van der Waals surface area contributed by atoms with Crippen LogP contribution in [0.3, 0.4) is 0 Å². The molecule has 2 aromatic rings. The highest BCUT2D eigenvalue weighted by Gasteiger charge is 2.30. The van der Waals surface area contributed by atoms with Crippen molar-refractivity contribution in [2.24, 2.45) is 0 Å². The van der Waals surface area contributed by atoms with Gasteiger partial charge in [0.25, 0.3) is 0 Å². The van der Waals surface area contributed by atoms with Crippen LogP contribution in [-0.4, -0.2) is 14.8 Å². The molecule has 0 N–H and O–H groups in total. The van der Waals surface area contributed by atoms with E-state index in [1.807, 2.05) is 6.92 Å². The zero-order valence-corrected chi connectivity index (χ0v) is 10.8. The summed E-state index contributed by atoms with van der Waals surface area (Å²) >= 11 is 5.72. The van der Waals surface area contributed by atoms with Crippen LogP contribution in [0, 0.1) is 0 Å². The van der Waals surface area contributed by atoms with E-state index >= 15 is 0 Å². The number of nitrogens with zero attached hydrogens (tertiary/aromatic N) is 3. The van der Waals surface area contributed by atoms with Crippen molar-refractivity contribution in [3.05, 3.63) is 35.7 Å². The second kappa shape index (κ2) is 5.21. The minimum Gasteiger partial charge on any atom is -0.310 e. The van der Waals surface area contributed by atoms with E-state index < -0.39 is 11.7 Å². The lowest BCUT2D eigenvalue weighted by Crippen LogP contribution is -2.05. The molecule has 2 rings (SSSR count). The van der Waals surface area contributed by atoms with E-state index in [4.69, 9.17) is 11.6 Å². The van der Waals surface area contributed by atoms with E-state index in [-0.39, 0.29) is 5.88 Å². The van der Waals surface area contributed by atoms with Crippen molar-refractivity contribution >= 4 is 11.6 Å². The van der Waals surface area contributed by atoms with Gasteiger partial charge in [0.05, 0.1) is 11.4 Å². The van der Waals surface area contributed by atoms with Crippen molar-refractivity contribution in [2.75, 3.05) is 0 Å². The lowest BCUT2D eigenvalue weighted by atomic mass is 10.1. The molecule has 3 nitrogen and oxygen atoms in total. The van der Waals surface area contributed by atoms with E-state index in [0.29, 0.717) is 23.8 Å². The summed E-state index contributed by atoms with van der Waals surface area (Å²) in [5, 5.41) is 7.88. The molecule has 0 aliphatic heterocycles. The largest absolute Gasteiger partial charge is 0.416 e. The molecule has 0 saturated carbocycles. The number of alkyl halides is 4. The first-order valence-corrected chi connectivity index (χ1v) is 6.16. The predicted molar refractivity (Wildman–Crippen MR) is 65.7 cm³/mol. The number of hydrogen-bond acceptors (Lipinski definition) is 2. The van der Waals surface area contributed by atoms with Gasteiger partial charge in [0, 0.05) is 12.1 Å². The molecule has 0 radical (unpaired) electrons. The maximum absolute atomic E-state index is 12.5. The Morgan fingerprint density at radius 2 is 1.79 bits per heavy atom. The van der Waals surface area contributed by atoms with Crippen molar-refractivity contribution < 1.29 is 13.2 Å². The fourth-order valence-electron chi connectivity index (χ4n) is 1.79. The first-order valence-electron chi connectivity index (χ1n) is 5.63. The van der Waals surface area contributed by atoms with E-state index in [1.54, 1.807) is 4.57 Å². The topological polar surface area (TPSA) is 30.7 Å². The fourth-order valence-corrected chi connectivity index (χ4v) is 1.99. The SMILES string of the molecule is CCn1c(CCl)nnc1-c1ccc(C(F)(F)F)cc1. The van der Waals surface area contributed by atoms with Crippen LogP contribution >= 0.6 is 11.6 Å². The molecule has 0 fully saturated rings. The third-order valence-corrected chi connectivity index (χ3v) is 2.97. The zero-order chi connectivity index (χ0) is 14.0. The zero-order valence-electron chi connectivity index (χ0n) is 10.1. The molecule has 1 aromatic heterocycles. The lowest BCUT2D eigenvalue weighted by Gasteiger charge is -2.08. The summed E-state index contributed by atoms with van der Waals surface area (Å²) in [7, 11) is 0. The van der Waals surface area contributed by atoms with Gasteiger partial charge in [0.2, 0.25) is 0 Å². The molecule has 0 atom stereocenters. The van der Waals surface area contributed by atoms with Gasteiger partial charge in [0.1, 0.15) is 5.82 Å². The molecular weight excluding hydrogens is 279 g/mol. The Kier molecular flexibility index (Phi) is 3.80. The number of benzene rings is 1. The van der Waals surface area contributed by atoms with Gasteiger partial charge in [-0.15, -0.1) is 21.8 Å². The highest BCUT2D eigenvalue weighted by Crippen LogP contribution is 2.30. The van der Waals surface area contributed by atoms with E-state index in [2.05, 4.69) is 10.2 Å². The minimum atomic E-state index is -4.34. The van der Waals surface area contributed by atoms with Crippen LogP contribution in [0.15, 0.2) is 24.3 Å². The maximum Gasteiger partial charge on any atom is 0.416 e. The predicted octanol–water partition coefficient (Wildman–Crippen LogP) is 3.72. The van der Waals surface area contributed by atoms with Gasteiger partial charge < -0.3 is 4.57 Å². The monoisotopic (exact) mass is 289 g/mol. The van der Waals surface area contributed by atoms with Gasteiger partial charge in [-0.3, -0.25) is 0 Å². The van der Waals surface area contributed by atoms with E-state index in [9.17, 15) is 13.2 Å². The van der Waals surface area contributed by atoms with Gasteiger partial charge >= 0.3 is 6.18 Å². The standard InChI is InChI=1S/C12H11ClF3N3/c1-2-19-10(7-13)17-18-11(19)8-3-5-9(6-4-8)12(14,15)16/h3-6H,2,7H2,1H3. The molecule has 0 aliphatic rings. The summed E-state index contributed by atoms with van der Waals surface area (Å²) in [6.07, 6.45) is -4.34. The van der Waals surface area contributed by atoms with Crippen molar-refractivity contribution in [2.45, 2.75) is 25.5 Å². The Balaban J connectivity index is 2.40. The van der Waals surface area contributed by atoms with Crippen LogP contribution in [0.5, 0.6) is 0 Å². The summed E-state index contributed by atoms with van der Waals surface area (Å²) in [4.78, 5) is 0. The van der Waals surface area contributed by atoms with Crippen LogP contribution in [0.2, 0.25) is 0 Å². The lowest BCUT2D eigenvalue weighted by molar-refractivity contribution is -0.137. The second-order valence-electron chi connectivity index (χ2n) is 3.89. The van der Waals surface area contributed by atoms with Gasteiger partial charge in [-0.05, 0) is 19.1 Å². The molecular formula is C12H11ClF3N3. The Labute approximate surface area is 113 Å². The molecule has 0 aliphatic carbocycles. The average molecular weight is 290 g/mol. The highest BCUT2D eigenvalue weighted by molar-refractivity contribution is 6.16. The molecule has 7 heteroatoms. The van der Waals surface area contributed by atoms with Crippen molar-refractivity contribution in [3.8, 4) is 11.4 Å². The van der Waals surface area contributed by atoms with Crippen molar-refractivity contribution in [3.63, 3.8) is 0 Å². The van der Waals surface area contributed by atoms with Gasteiger partial charge in [-0.1, -0.05) is 12.1 Å². The molecule has 1 heterocycles. The first-order chi connectivity index (χ1) is 8.97. The summed E-state index contributed by atoms with van der Waals surface area (Å²) < 4.78 is 39.2. The smallest absolute Gasteiger partial charge is 0.310 e. The van der Waals surface area contributed by atoms with E-state index in [0.717, 1.165) is 12.1 Å². The highest BCUT2D eigenvalue weighted by atomic mass is 35.5. The van der Waals surface area contributed by atoms with Crippen molar-refractivity contribution in [1.82, 2.24) is 14.8 Å². The molecule has 0 spiro atoms. The second-order valence-corrected chi connectivity index (χ2v) is 4.16. The number of halogens is 4. The normalized spacial score (nSPS) is 11.8. The Hall–Kier alpha value is -1.56. The van der Waals surface area contributed by atoms with Gasteiger partial charge in [-0.25, -0.2) is 0 Å². The average Bonchev–Trinajstić information content (AvgIpc) is 2.80. The quantitative estimate of drug-likeness (QED) is 0.806. The fraction of sp³-hybridized carbons (Fsp3) is 0.333. The Morgan fingerprint density at radius 3 is 2.26 bits per heavy atom. The minimum absolute atomic E-state index is 0.210. The third-order valence-electron chi connectivity index (χ3n) is 2.73. The first kappa shape index (κ1) is 13.9. The summed E-state index contributed by atoms with van der Waals surface area (Å²) in [6.45, 7) is 2.50. The molecule has 1 aromatic carbocycles. The molecule has 0 amide bonds. The molecule has 0 saturated heterocycles. The van der Waals surface area contributed by atoms with Crippen molar-refractivity contribution in [1.29, 1.82) is 0 Å². The molecule has 0 unspecified atom stereocenters.